The second kappa shape index (κ2) is 10.4. The predicted molar refractivity (Wildman–Crippen MR) is 122 cm³/mol. The van der Waals surface area contributed by atoms with Gasteiger partial charge < -0.3 is 4.57 Å². The van der Waals surface area contributed by atoms with E-state index < -0.39 is 0 Å². The first-order chi connectivity index (χ1) is 13.6. The number of hydrogen-bond donors (Lipinski definition) is 0. The number of benzene rings is 2. The summed E-state index contributed by atoms with van der Waals surface area (Å²) in [6.07, 6.45) is 11.4. The Morgan fingerprint density at radius 1 is 1.04 bits per heavy atom. The first kappa shape index (κ1) is 21.3. The van der Waals surface area contributed by atoms with Crippen LogP contribution in [0.25, 0.3) is 0 Å². The Hall–Kier alpha value is -1.42. The van der Waals surface area contributed by atoms with Gasteiger partial charge in [0, 0.05) is 33.6 Å². The third-order valence-corrected chi connectivity index (χ3v) is 7.20. The van der Waals surface area contributed by atoms with Crippen molar-refractivity contribution in [1.29, 1.82) is 0 Å². The average molecular weight is 433 g/mol. The molecule has 5 heteroatoms. The highest BCUT2D eigenvalue weighted by molar-refractivity contribution is 8.00. The molecule has 0 amide bonds. The van der Waals surface area contributed by atoms with Gasteiger partial charge in [0.2, 0.25) is 0 Å². The van der Waals surface area contributed by atoms with Crippen LogP contribution in [0.5, 0.6) is 0 Å². The molecule has 2 aromatic carbocycles. The molecule has 0 N–H and O–H groups in total. The van der Waals surface area contributed by atoms with Gasteiger partial charge in [0.1, 0.15) is 0 Å². The van der Waals surface area contributed by atoms with Gasteiger partial charge in [-0.05, 0) is 49.1 Å². The standard InChI is InChI=1S/C23H26Cl2N2S/c1-2-3-13-23(17-27-16-15-26-18-27,28-22-7-5-4-6-21(22)25)14-12-19-8-10-20(24)11-9-19/h4-11,15-16,18H,2-3,12-14,17H2,1H3. The summed E-state index contributed by atoms with van der Waals surface area (Å²) in [6.45, 7) is 3.16. The normalized spacial score (nSPS) is 13.4. The highest BCUT2D eigenvalue weighted by atomic mass is 35.5. The molecule has 0 fully saturated rings. The van der Waals surface area contributed by atoms with E-state index in [1.54, 1.807) is 0 Å². The van der Waals surface area contributed by atoms with Gasteiger partial charge in [-0.1, -0.05) is 67.2 Å². The van der Waals surface area contributed by atoms with Gasteiger partial charge in [-0.2, -0.15) is 0 Å². The summed E-state index contributed by atoms with van der Waals surface area (Å²) in [4.78, 5) is 5.40. The van der Waals surface area contributed by atoms with Crippen LogP contribution in [0.3, 0.4) is 0 Å². The van der Waals surface area contributed by atoms with E-state index in [0.717, 1.165) is 40.7 Å². The minimum Gasteiger partial charge on any atom is -0.336 e. The quantitative estimate of drug-likeness (QED) is 0.307. The van der Waals surface area contributed by atoms with Crippen LogP contribution in [-0.4, -0.2) is 14.3 Å². The number of imidazole rings is 1. The third-order valence-electron chi connectivity index (χ3n) is 4.96. The molecule has 1 atom stereocenters. The zero-order valence-electron chi connectivity index (χ0n) is 16.2. The van der Waals surface area contributed by atoms with Crippen LogP contribution >= 0.6 is 35.0 Å². The number of aromatic nitrogens is 2. The Labute approximate surface area is 182 Å². The Bertz CT molecular complexity index is 849. The summed E-state index contributed by atoms with van der Waals surface area (Å²) in [6, 6.07) is 16.4. The van der Waals surface area contributed by atoms with E-state index >= 15 is 0 Å². The summed E-state index contributed by atoms with van der Waals surface area (Å²) < 4.78 is 2.24. The van der Waals surface area contributed by atoms with Crippen LogP contribution in [-0.2, 0) is 13.0 Å². The summed E-state index contributed by atoms with van der Waals surface area (Å²) >= 11 is 14.5. The van der Waals surface area contributed by atoms with E-state index in [1.807, 2.05) is 48.6 Å². The van der Waals surface area contributed by atoms with E-state index in [9.17, 15) is 0 Å². The lowest BCUT2D eigenvalue weighted by atomic mass is 9.93. The highest BCUT2D eigenvalue weighted by Gasteiger charge is 2.32. The minimum atomic E-state index is 0.0430. The van der Waals surface area contributed by atoms with Crippen molar-refractivity contribution in [3.63, 3.8) is 0 Å². The number of thioether (sulfide) groups is 1. The second-order valence-electron chi connectivity index (χ2n) is 7.18. The van der Waals surface area contributed by atoms with E-state index in [2.05, 4.69) is 46.9 Å². The van der Waals surface area contributed by atoms with Crippen LogP contribution in [0.2, 0.25) is 10.0 Å². The van der Waals surface area contributed by atoms with Crippen molar-refractivity contribution in [2.75, 3.05) is 0 Å². The Kier molecular flexibility index (Phi) is 7.90. The van der Waals surface area contributed by atoms with Gasteiger partial charge in [0.25, 0.3) is 0 Å². The molecule has 0 aliphatic carbocycles. The molecule has 0 radical (unpaired) electrons. The van der Waals surface area contributed by atoms with Crippen LogP contribution in [0.1, 0.15) is 38.2 Å². The smallest absolute Gasteiger partial charge is 0.0946 e. The molecular formula is C23H26Cl2N2S. The molecule has 0 bridgehead atoms. The van der Waals surface area contributed by atoms with Gasteiger partial charge in [0.05, 0.1) is 11.3 Å². The van der Waals surface area contributed by atoms with E-state index in [1.165, 1.54) is 18.4 Å². The van der Waals surface area contributed by atoms with Crippen molar-refractivity contribution in [3.8, 4) is 0 Å². The molecule has 1 unspecified atom stereocenters. The summed E-state index contributed by atoms with van der Waals surface area (Å²) in [5, 5.41) is 1.61. The number of nitrogens with zero attached hydrogens (tertiary/aromatic N) is 2. The molecule has 0 spiro atoms. The van der Waals surface area contributed by atoms with Gasteiger partial charge in [-0.15, -0.1) is 11.8 Å². The first-order valence-electron chi connectivity index (χ1n) is 9.74. The number of rotatable bonds is 10. The molecule has 28 heavy (non-hydrogen) atoms. The molecule has 3 rings (SSSR count). The lowest BCUT2D eigenvalue weighted by Gasteiger charge is -2.34. The number of hydrogen-bond acceptors (Lipinski definition) is 2. The zero-order valence-corrected chi connectivity index (χ0v) is 18.5. The summed E-state index contributed by atoms with van der Waals surface area (Å²) in [7, 11) is 0. The van der Waals surface area contributed by atoms with Gasteiger partial charge >= 0.3 is 0 Å². The first-order valence-corrected chi connectivity index (χ1v) is 11.3. The maximum absolute atomic E-state index is 6.53. The molecule has 1 aromatic heterocycles. The highest BCUT2D eigenvalue weighted by Crippen LogP contribution is 2.44. The molecule has 148 valence electrons. The molecular weight excluding hydrogens is 407 g/mol. The zero-order chi connectivity index (χ0) is 19.8. The van der Waals surface area contributed by atoms with Crippen LogP contribution in [0, 0.1) is 0 Å². The SMILES string of the molecule is CCCCC(CCc1ccc(Cl)cc1)(Cn1ccnc1)Sc1ccccc1Cl. The van der Waals surface area contributed by atoms with Gasteiger partial charge in [0.15, 0.2) is 0 Å². The molecule has 0 saturated heterocycles. The van der Waals surface area contributed by atoms with Gasteiger partial charge in [-0.3, -0.25) is 0 Å². The van der Waals surface area contributed by atoms with Gasteiger partial charge in [-0.25, -0.2) is 4.98 Å². The number of halogens is 2. The molecule has 1 heterocycles. The van der Waals surface area contributed by atoms with E-state index in [0.29, 0.717) is 0 Å². The monoisotopic (exact) mass is 432 g/mol. The lowest BCUT2D eigenvalue weighted by Crippen LogP contribution is -2.31. The second-order valence-corrected chi connectivity index (χ2v) is 9.53. The fourth-order valence-corrected chi connectivity index (χ4v) is 5.23. The molecule has 0 saturated carbocycles. The van der Waals surface area contributed by atoms with Crippen molar-refractivity contribution in [3.05, 3.63) is 82.9 Å². The fourth-order valence-electron chi connectivity index (χ4n) is 3.41. The molecule has 0 aliphatic rings. The topological polar surface area (TPSA) is 17.8 Å². The van der Waals surface area contributed by atoms with Crippen LogP contribution in [0.4, 0.5) is 0 Å². The molecule has 0 aliphatic heterocycles. The lowest BCUT2D eigenvalue weighted by molar-refractivity contribution is 0.421. The van der Waals surface area contributed by atoms with Crippen molar-refractivity contribution in [2.45, 2.75) is 55.2 Å². The largest absolute Gasteiger partial charge is 0.336 e. The fraction of sp³-hybridized carbons (Fsp3) is 0.348. The van der Waals surface area contributed by atoms with E-state index in [-0.39, 0.29) is 4.75 Å². The predicted octanol–water partition coefficient (Wildman–Crippen LogP) is 7.54. The maximum atomic E-state index is 6.53. The maximum Gasteiger partial charge on any atom is 0.0946 e. The minimum absolute atomic E-state index is 0.0430. The number of unbranched alkanes of at least 4 members (excludes halogenated alkanes) is 1. The summed E-state index contributed by atoms with van der Waals surface area (Å²) in [5.74, 6) is 0. The average Bonchev–Trinajstić information content (AvgIpc) is 3.20. The number of aryl methyl sites for hydroxylation is 1. The van der Waals surface area contributed by atoms with Crippen molar-refractivity contribution in [2.24, 2.45) is 0 Å². The van der Waals surface area contributed by atoms with Crippen molar-refractivity contribution in [1.82, 2.24) is 9.55 Å². The molecule has 3 aromatic rings. The molecule has 2 nitrogen and oxygen atoms in total. The van der Waals surface area contributed by atoms with Crippen LogP contribution in [0.15, 0.2) is 72.1 Å². The van der Waals surface area contributed by atoms with E-state index in [4.69, 9.17) is 23.2 Å². The third kappa shape index (κ3) is 6.04. The Balaban J connectivity index is 1.88. The summed E-state index contributed by atoms with van der Waals surface area (Å²) in [5.41, 5.74) is 1.32. The Morgan fingerprint density at radius 3 is 2.50 bits per heavy atom. The van der Waals surface area contributed by atoms with Crippen molar-refractivity contribution < 1.29 is 0 Å². The van der Waals surface area contributed by atoms with Crippen molar-refractivity contribution >= 4 is 35.0 Å². The Morgan fingerprint density at radius 2 is 1.82 bits per heavy atom. The van der Waals surface area contributed by atoms with Crippen LogP contribution < -0.4 is 0 Å².